The normalized spacial score (nSPS) is 13.3. The van der Waals surface area contributed by atoms with Crippen molar-refractivity contribution in [3.63, 3.8) is 0 Å². The second-order valence-electron chi connectivity index (χ2n) is 6.45. The van der Waals surface area contributed by atoms with E-state index in [9.17, 15) is 4.79 Å². The van der Waals surface area contributed by atoms with Crippen LogP contribution in [0.4, 0.5) is 5.69 Å². The van der Waals surface area contributed by atoms with E-state index in [1.165, 1.54) is 5.56 Å². The van der Waals surface area contributed by atoms with Crippen molar-refractivity contribution in [2.75, 3.05) is 4.90 Å². The van der Waals surface area contributed by atoms with Gasteiger partial charge in [-0.2, -0.15) is 4.57 Å². The van der Waals surface area contributed by atoms with Crippen molar-refractivity contribution in [3.8, 4) is 0 Å². The van der Waals surface area contributed by atoms with Gasteiger partial charge in [-0.3, -0.25) is 4.79 Å². The molecule has 2 aromatic carbocycles. The van der Waals surface area contributed by atoms with Gasteiger partial charge in [-0.15, -0.1) is 0 Å². The summed E-state index contributed by atoms with van der Waals surface area (Å²) in [7, 11) is 0. The molecule has 1 amide bonds. The van der Waals surface area contributed by atoms with Crippen LogP contribution in [0.3, 0.4) is 0 Å². The Kier molecular flexibility index (Phi) is 5.19. The quantitative estimate of drug-likeness (QED) is 0.595. The molecule has 128 valence electrons. The number of anilines is 1. The Labute approximate surface area is 158 Å². The highest BCUT2D eigenvalue weighted by Gasteiger charge is 2.33. The molecule has 0 spiro atoms. The molecule has 1 heterocycles. The number of hydrogen-bond donors (Lipinski definition) is 0. The van der Waals surface area contributed by atoms with Crippen molar-refractivity contribution in [1.29, 1.82) is 0 Å². The summed E-state index contributed by atoms with van der Waals surface area (Å²) >= 11 is 0. The fourth-order valence-corrected chi connectivity index (χ4v) is 3.36. The lowest BCUT2D eigenvalue weighted by molar-refractivity contribution is -0.662. The third kappa shape index (κ3) is 3.59. The zero-order valence-electron chi connectivity index (χ0n) is 14.2. The molecule has 0 atom stereocenters. The van der Waals surface area contributed by atoms with E-state index in [4.69, 9.17) is 0 Å². The molecule has 0 saturated heterocycles. The van der Waals surface area contributed by atoms with Crippen molar-refractivity contribution in [3.05, 3.63) is 72.4 Å². The third-order valence-electron chi connectivity index (χ3n) is 4.61. The number of para-hydroxylation sites is 1. The fourth-order valence-electron chi connectivity index (χ4n) is 3.36. The van der Waals surface area contributed by atoms with Crippen LogP contribution < -0.4 is 26.4 Å². The molecule has 25 heavy (non-hydrogen) atoms. The Morgan fingerprint density at radius 3 is 2.40 bits per heavy atom. The van der Waals surface area contributed by atoms with E-state index in [-0.39, 0.29) is 22.9 Å². The van der Waals surface area contributed by atoms with Crippen molar-refractivity contribution in [2.45, 2.75) is 32.4 Å². The van der Waals surface area contributed by atoms with E-state index in [0.717, 1.165) is 36.0 Å². The van der Waals surface area contributed by atoms with Crippen LogP contribution in [0.2, 0.25) is 0 Å². The molecular formula is C21H21BrN2O. The van der Waals surface area contributed by atoms with Gasteiger partial charge in [0.2, 0.25) is 11.4 Å². The van der Waals surface area contributed by atoms with Crippen LogP contribution in [0, 0.1) is 0 Å². The Balaban J connectivity index is 0.00000182. The van der Waals surface area contributed by atoms with Gasteiger partial charge in [-0.05, 0) is 18.9 Å². The number of carbonyl (C=O) groups excluding carboxylic acids is 1. The predicted octanol–water partition coefficient (Wildman–Crippen LogP) is 0.695. The summed E-state index contributed by atoms with van der Waals surface area (Å²) in [6.07, 6.45) is 4.31. The maximum Gasteiger partial charge on any atom is 0.224 e. The van der Waals surface area contributed by atoms with Gasteiger partial charge in [0.05, 0.1) is 11.1 Å². The maximum atomic E-state index is 12.2. The molecule has 0 N–H and O–H groups in total. The predicted molar refractivity (Wildman–Crippen MR) is 95.9 cm³/mol. The number of nitrogens with zero attached hydrogens (tertiary/aromatic N) is 2. The van der Waals surface area contributed by atoms with Crippen LogP contribution in [0.5, 0.6) is 0 Å². The van der Waals surface area contributed by atoms with E-state index in [2.05, 4.69) is 59.3 Å². The SMILES string of the molecule is CC(=O)N(c1cc[n+](Cc2ccccc2)c2ccccc12)C1CC1.[Br-]. The van der Waals surface area contributed by atoms with E-state index in [1.807, 2.05) is 17.0 Å². The first-order chi connectivity index (χ1) is 11.7. The first-order valence-electron chi connectivity index (χ1n) is 8.49. The molecule has 3 aromatic rings. The molecular weight excluding hydrogens is 376 g/mol. The molecule has 1 fully saturated rings. The van der Waals surface area contributed by atoms with Crippen LogP contribution >= 0.6 is 0 Å². The number of halogens is 1. The molecule has 1 saturated carbocycles. The Hall–Kier alpha value is -2.20. The Morgan fingerprint density at radius 2 is 1.72 bits per heavy atom. The average molecular weight is 397 g/mol. The number of carbonyl (C=O) groups is 1. The molecule has 1 aromatic heterocycles. The fraction of sp³-hybridized carbons (Fsp3) is 0.238. The van der Waals surface area contributed by atoms with Gasteiger partial charge in [0.15, 0.2) is 12.7 Å². The zero-order chi connectivity index (χ0) is 16.5. The van der Waals surface area contributed by atoms with E-state index >= 15 is 0 Å². The maximum absolute atomic E-state index is 12.2. The summed E-state index contributed by atoms with van der Waals surface area (Å²) in [5.41, 5.74) is 3.46. The standard InChI is InChI=1S/C21H21N2O.BrH/c1-16(24)23(18-11-12-18)21-13-14-22(15-17-7-3-2-4-8-17)20-10-6-5-9-19(20)21;/h2-10,13-14,18H,11-12,15H2,1H3;1H/q+1;/p-1. The summed E-state index contributed by atoms with van der Waals surface area (Å²) in [4.78, 5) is 14.1. The first-order valence-corrected chi connectivity index (χ1v) is 8.49. The van der Waals surface area contributed by atoms with Crippen molar-refractivity contribution >= 4 is 22.5 Å². The lowest BCUT2D eigenvalue weighted by Gasteiger charge is -2.21. The third-order valence-corrected chi connectivity index (χ3v) is 4.61. The highest BCUT2D eigenvalue weighted by Crippen LogP contribution is 2.35. The van der Waals surface area contributed by atoms with Gasteiger partial charge < -0.3 is 21.9 Å². The highest BCUT2D eigenvalue weighted by molar-refractivity contribution is 6.01. The van der Waals surface area contributed by atoms with Crippen LogP contribution in [-0.4, -0.2) is 11.9 Å². The molecule has 0 unspecified atom stereocenters. The first kappa shape index (κ1) is 17.6. The van der Waals surface area contributed by atoms with E-state index in [0.29, 0.717) is 6.04 Å². The number of aromatic nitrogens is 1. The smallest absolute Gasteiger partial charge is 0.224 e. The molecule has 0 aliphatic heterocycles. The van der Waals surface area contributed by atoms with E-state index < -0.39 is 0 Å². The minimum Gasteiger partial charge on any atom is -1.00 e. The van der Waals surface area contributed by atoms with E-state index in [1.54, 1.807) is 6.92 Å². The van der Waals surface area contributed by atoms with Gasteiger partial charge in [-0.25, -0.2) is 0 Å². The number of fused-ring (bicyclic) bond motifs is 1. The zero-order valence-corrected chi connectivity index (χ0v) is 15.8. The molecule has 1 aliphatic carbocycles. The van der Waals surface area contributed by atoms with Crippen LogP contribution in [0.1, 0.15) is 25.3 Å². The molecule has 4 rings (SSSR count). The molecule has 4 heteroatoms. The van der Waals surface area contributed by atoms with Crippen LogP contribution in [-0.2, 0) is 11.3 Å². The van der Waals surface area contributed by atoms with Gasteiger partial charge in [0, 0.05) is 30.7 Å². The Morgan fingerprint density at radius 1 is 1.04 bits per heavy atom. The second kappa shape index (κ2) is 7.36. The van der Waals surface area contributed by atoms with Gasteiger partial charge >= 0.3 is 0 Å². The van der Waals surface area contributed by atoms with Crippen LogP contribution in [0.25, 0.3) is 10.9 Å². The summed E-state index contributed by atoms with van der Waals surface area (Å²) < 4.78 is 2.25. The van der Waals surface area contributed by atoms with Crippen LogP contribution in [0.15, 0.2) is 66.9 Å². The Bertz CT molecular complexity index is 891. The van der Waals surface area contributed by atoms with Gasteiger partial charge in [0.25, 0.3) is 0 Å². The van der Waals surface area contributed by atoms with Gasteiger partial charge in [0.1, 0.15) is 0 Å². The number of amides is 1. The van der Waals surface area contributed by atoms with Crippen molar-refractivity contribution in [1.82, 2.24) is 0 Å². The topological polar surface area (TPSA) is 24.2 Å². The van der Waals surface area contributed by atoms with Crippen molar-refractivity contribution in [2.24, 2.45) is 0 Å². The summed E-state index contributed by atoms with van der Waals surface area (Å²) in [6.45, 7) is 2.49. The van der Waals surface area contributed by atoms with Gasteiger partial charge in [-0.1, -0.05) is 42.5 Å². The molecule has 1 aliphatic rings. The number of rotatable bonds is 4. The minimum atomic E-state index is 0. The lowest BCUT2D eigenvalue weighted by Crippen LogP contribution is -3.00. The monoisotopic (exact) mass is 396 g/mol. The highest BCUT2D eigenvalue weighted by atomic mass is 79.9. The lowest BCUT2D eigenvalue weighted by atomic mass is 10.1. The number of hydrogen-bond acceptors (Lipinski definition) is 1. The summed E-state index contributed by atoms with van der Waals surface area (Å²) in [5.74, 6) is 0.128. The summed E-state index contributed by atoms with van der Waals surface area (Å²) in [6, 6.07) is 21.3. The average Bonchev–Trinajstić information content (AvgIpc) is 3.42. The molecule has 3 nitrogen and oxygen atoms in total. The largest absolute Gasteiger partial charge is 1.00 e. The summed E-state index contributed by atoms with van der Waals surface area (Å²) in [5, 5.41) is 1.14. The molecule has 0 bridgehead atoms. The van der Waals surface area contributed by atoms with Crippen molar-refractivity contribution < 1.29 is 26.3 Å². The number of pyridine rings is 1. The molecule has 0 radical (unpaired) electrons. The second-order valence-corrected chi connectivity index (χ2v) is 6.45. The minimum absolute atomic E-state index is 0. The number of benzene rings is 2.